The normalized spacial score (nSPS) is 17.3. The molecule has 0 bridgehead atoms. The molecule has 0 atom stereocenters. The molecule has 3 heterocycles. The highest BCUT2D eigenvalue weighted by Gasteiger charge is 2.25. The number of aromatic nitrogens is 3. The number of fused-ring (bicyclic) bond motifs is 2. The first kappa shape index (κ1) is 19.0. The van der Waals surface area contributed by atoms with Gasteiger partial charge in [-0.25, -0.2) is 4.68 Å². The summed E-state index contributed by atoms with van der Waals surface area (Å²) in [6.45, 7) is 2.06. The third-order valence-electron chi connectivity index (χ3n) is 6.44. The van der Waals surface area contributed by atoms with Gasteiger partial charge >= 0.3 is 0 Å². The summed E-state index contributed by atoms with van der Waals surface area (Å²) >= 11 is 0. The van der Waals surface area contributed by atoms with E-state index in [1.54, 1.807) is 10.7 Å². The van der Waals surface area contributed by atoms with E-state index in [1.165, 1.54) is 0 Å². The van der Waals surface area contributed by atoms with Crippen molar-refractivity contribution in [1.82, 2.24) is 19.8 Å². The Morgan fingerprint density at radius 3 is 2.80 bits per heavy atom. The maximum absolute atomic E-state index is 12.8. The molecular formula is C23H26N4O3. The first-order chi connectivity index (χ1) is 14.7. The molecule has 7 nitrogen and oxygen atoms in total. The highest BCUT2D eigenvalue weighted by atomic mass is 16.5. The predicted octanol–water partition coefficient (Wildman–Crippen LogP) is 2.74. The number of amides is 1. The Labute approximate surface area is 174 Å². The zero-order valence-corrected chi connectivity index (χ0v) is 17.0. The summed E-state index contributed by atoms with van der Waals surface area (Å²) in [6.07, 6.45) is 6.27. The van der Waals surface area contributed by atoms with Crippen LogP contribution in [0.2, 0.25) is 0 Å². The number of nitrogens with zero attached hydrogens (tertiary/aromatic N) is 4. The number of hydrogen-bond donors (Lipinski definition) is 0. The molecule has 0 radical (unpaired) electrons. The van der Waals surface area contributed by atoms with Crippen LogP contribution in [0.1, 0.15) is 42.6 Å². The van der Waals surface area contributed by atoms with Crippen molar-refractivity contribution in [3.63, 3.8) is 0 Å². The van der Waals surface area contributed by atoms with Gasteiger partial charge in [-0.2, -0.15) is 5.10 Å². The molecule has 5 rings (SSSR count). The van der Waals surface area contributed by atoms with Crippen molar-refractivity contribution in [1.29, 1.82) is 0 Å². The summed E-state index contributed by atoms with van der Waals surface area (Å²) < 4.78 is 6.96. The number of likely N-dealkylation sites (tertiary alicyclic amines) is 1. The maximum atomic E-state index is 12.8. The largest absolute Gasteiger partial charge is 0.356 e. The van der Waals surface area contributed by atoms with Crippen LogP contribution in [0.25, 0.3) is 11.0 Å². The van der Waals surface area contributed by atoms with Gasteiger partial charge in [-0.3, -0.25) is 9.59 Å². The topological polar surface area (TPSA) is 81.2 Å². The van der Waals surface area contributed by atoms with Crippen LogP contribution >= 0.6 is 0 Å². The van der Waals surface area contributed by atoms with Gasteiger partial charge in [0.2, 0.25) is 5.91 Å². The molecule has 7 heteroatoms. The number of rotatable bonds is 4. The van der Waals surface area contributed by atoms with Gasteiger partial charge in [-0.15, -0.1) is 0 Å². The average molecular weight is 406 g/mol. The molecule has 1 saturated heterocycles. The second-order valence-corrected chi connectivity index (χ2v) is 8.47. The molecule has 0 N–H and O–H groups in total. The fourth-order valence-electron chi connectivity index (χ4n) is 4.66. The van der Waals surface area contributed by atoms with Gasteiger partial charge < -0.3 is 9.42 Å². The minimum absolute atomic E-state index is 0.00654. The molecule has 1 aromatic carbocycles. The lowest BCUT2D eigenvalue weighted by atomic mass is 9.95. The Morgan fingerprint density at radius 1 is 1.13 bits per heavy atom. The molecule has 30 heavy (non-hydrogen) atoms. The Hall–Kier alpha value is -2.96. The fourth-order valence-corrected chi connectivity index (χ4v) is 4.66. The van der Waals surface area contributed by atoms with Gasteiger partial charge in [0.1, 0.15) is 5.69 Å². The minimum Gasteiger partial charge on any atom is -0.356 e. The molecule has 1 amide bonds. The highest BCUT2D eigenvalue weighted by Crippen LogP contribution is 2.23. The van der Waals surface area contributed by atoms with Crippen molar-refractivity contribution in [3.8, 4) is 0 Å². The van der Waals surface area contributed by atoms with Crippen LogP contribution in [0.15, 0.2) is 39.6 Å². The Balaban J connectivity index is 1.19. The molecular weight excluding hydrogens is 380 g/mol. The quantitative estimate of drug-likeness (QED) is 0.665. The van der Waals surface area contributed by atoms with Crippen molar-refractivity contribution < 1.29 is 9.32 Å². The van der Waals surface area contributed by atoms with E-state index in [0.29, 0.717) is 36.8 Å². The molecule has 2 aromatic heterocycles. The average Bonchev–Trinajstić information content (AvgIpc) is 3.17. The molecule has 156 valence electrons. The number of para-hydroxylation sites is 1. The van der Waals surface area contributed by atoms with E-state index >= 15 is 0 Å². The molecule has 2 aliphatic rings. The third-order valence-corrected chi connectivity index (χ3v) is 6.44. The van der Waals surface area contributed by atoms with Crippen LogP contribution in [0, 0.1) is 5.92 Å². The van der Waals surface area contributed by atoms with E-state index in [4.69, 9.17) is 4.52 Å². The number of piperidine rings is 1. The van der Waals surface area contributed by atoms with E-state index in [9.17, 15) is 9.59 Å². The Kier molecular flexibility index (Phi) is 5.11. The molecule has 0 saturated carbocycles. The zero-order chi connectivity index (χ0) is 20.5. The van der Waals surface area contributed by atoms with E-state index < -0.39 is 0 Å². The van der Waals surface area contributed by atoms with Crippen molar-refractivity contribution >= 4 is 16.9 Å². The molecule has 1 fully saturated rings. The highest BCUT2D eigenvalue weighted by molar-refractivity contribution is 5.86. The molecule has 1 aliphatic carbocycles. The summed E-state index contributed by atoms with van der Waals surface area (Å²) in [5.74, 6) is 0.449. The lowest BCUT2D eigenvalue weighted by molar-refractivity contribution is -0.132. The molecule has 0 unspecified atom stereocenters. The summed E-state index contributed by atoms with van der Waals surface area (Å²) in [5, 5.41) is 9.62. The van der Waals surface area contributed by atoms with Crippen molar-refractivity contribution in [2.45, 2.75) is 51.5 Å². The van der Waals surface area contributed by atoms with Gasteiger partial charge in [0.25, 0.3) is 5.56 Å². The monoisotopic (exact) mass is 406 g/mol. The van der Waals surface area contributed by atoms with Gasteiger partial charge in [0.05, 0.1) is 12.1 Å². The third kappa shape index (κ3) is 3.76. The summed E-state index contributed by atoms with van der Waals surface area (Å²) in [7, 11) is 0. The zero-order valence-electron chi connectivity index (χ0n) is 17.0. The molecule has 0 spiro atoms. The number of hydrogen-bond acceptors (Lipinski definition) is 5. The Morgan fingerprint density at radius 2 is 1.93 bits per heavy atom. The first-order valence-electron chi connectivity index (χ1n) is 10.9. The first-order valence-corrected chi connectivity index (χ1v) is 10.9. The van der Waals surface area contributed by atoms with Gasteiger partial charge in [-0.1, -0.05) is 17.3 Å². The van der Waals surface area contributed by atoms with Gasteiger partial charge in [0.15, 0.2) is 5.58 Å². The summed E-state index contributed by atoms with van der Waals surface area (Å²) in [4.78, 5) is 27.1. The van der Waals surface area contributed by atoms with Crippen LogP contribution < -0.4 is 5.56 Å². The van der Waals surface area contributed by atoms with Crippen LogP contribution in [0.5, 0.6) is 0 Å². The summed E-state index contributed by atoms with van der Waals surface area (Å²) in [5.41, 5.74) is 3.63. The fraction of sp³-hybridized carbons (Fsp3) is 0.478. The van der Waals surface area contributed by atoms with E-state index in [-0.39, 0.29) is 17.9 Å². The lowest BCUT2D eigenvalue weighted by Gasteiger charge is -2.32. The second kappa shape index (κ2) is 8.05. The predicted molar refractivity (Wildman–Crippen MR) is 112 cm³/mol. The maximum Gasteiger partial charge on any atom is 0.267 e. The Bertz CT molecular complexity index is 1120. The van der Waals surface area contributed by atoms with E-state index in [0.717, 1.165) is 55.2 Å². The standard InChI is InChI=1S/C23H26N4O3/c28-22(14-20-18-6-2-4-8-21(18)30-25-20)26-11-9-16(10-12-26)15-27-23(29)13-17-5-1-3-7-19(17)24-27/h2,4,6,8,13,16H,1,3,5,7,9-12,14-15H2. The number of aryl methyl sites for hydroxylation is 2. The SMILES string of the molecule is O=C(Cc1noc2ccccc12)N1CCC(Cn2nc3c(cc2=O)CCCC3)CC1. The number of carbonyl (C=O) groups excluding carboxylic acids is 1. The van der Waals surface area contributed by atoms with E-state index in [1.807, 2.05) is 29.2 Å². The van der Waals surface area contributed by atoms with Gasteiger partial charge in [0, 0.05) is 31.1 Å². The molecule has 3 aromatic rings. The van der Waals surface area contributed by atoms with Crippen molar-refractivity contribution in [2.24, 2.45) is 5.92 Å². The van der Waals surface area contributed by atoms with E-state index in [2.05, 4.69) is 10.3 Å². The lowest BCUT2D eigenvalue weighted by Crippen LogP contribution is -2.41. The van der Waals surface area contributed by atoms with Crippen LogP contribution in [0.3, 0.4) is 0 Å². The second-order valence-electron chi connectivity index (χ2n) is 8.47. The minimum atomic E-state index is 0.00654. The smallest absolute Gasteiger partial charge is 0.267 e. The number of carbonyl (C=O) groups is 1. The van der Waals surface area contributed by atoms with Crippen LogP contribution in [-0.2, 0) is 30.6 Å². The van der Waals surface area contributed by atoms with Crippen molar-refractivity contribution in [3.05, 3.63) is 57.6 Å². The van der Waals surface area contributed by atoms with Crippen molar-refractivity contribution in [2.75, 3.05) is 13.1 Å². The van der Waals surface area contributed by atoms with Gasteiger partial charge in [-0.05, 0) is 62.1 Å². The molecule has 1 aliphatic heterocycles. The summed E-state index contributed by atoms with van der Waals surface area (Å²) in [6, 6.07) is 9.40. The van der Waals surface area contributed by atoms with Crippen LogP contribution in [-0.4, -0.2) is 38.8 Å². The number of benzene rings is 1. The van der Waals surface area contributed by atoms with Crippen LogP contribution in [0.4, 0.5) is 0 Å².